The third-order valence-electron chi connectivity index (χ3n) is 3.97. The van der Waals surface area contributed by atoms with Gasteiger partial charge >= 0.3 is 0 Å². The van der Waals surface area contributed by atoms with Gasteiger partial charge in [0, 0.05) is 38.3 Å². The molecule has 0 bridgehead atoms. The molecule has 0 aliphatic carbocycles. The van der Waals surface area contributed by atoms with Crippen LogP contribution in [-0.4, -0.2) is 44.7 Å². The maximum absolute atomic E-state index is 5.46. The van der Waals surface area contributed by atoms with Crippen molar-refractivity contribution in [1.82, 2.24) is 10.2 Å². The zero-order chi connectivity index (χ0) is 14.4. The van der Waals surface area contributed by atoms with Gasteiger partial charge in [-0.2, -0.15) is 0 Å². The quantitative estimate of drug-likeness (QED) is 0.893. The first-order chi connectivity index (χ1) is 9.70. The highest BCUT2D eigenvalue weighted by molar-refractivity contribution is 5.59. The summed E-state index contributed by atoms with van der Waals surface area (Å²) < 4.78 is 5.46. The van der Waals surface area contributed by atoms with Crippen LogP contribution in [0.5, 0.6) is 5.75 Å². The van der Waals surface area contributed by atoms with Crippen LogP contribution in [0, 0.1) is 13.8 Å². The van der Waals surface area contributed by atoms with Crippen LogP contribution in [0.4, 0.5) is 0 Å². The molecule has 1 aromatic rings. The number of benzene rings is 1. The van der Waals surface area contributed by atoms with Crippen molar-refractivity contribution >= 4 is 6.08 Å². The SMILES string of the molecule is COc1cc(C)c(C)cc1/C=C/CCN1CCNCC1. The molecule has 0 atom stereocenters. The molecule has 0 unspecified atom stereocenters. The molecule has 1 aromatic carbocycles. The Balaban J connectivity index is 1.91. The molecule has 1 saturated heterocycles. The molecule has 3 nitrogen and oxygen atoms in total. The Labute approximate surface area is 122 Å². The second kappa shape index (κ2) is 7.46. The fourth-order valence-corrected chi connectivity index (χ4v) is 2.52. The lowest BCUT2D eigenvalue weighted by molar-refractivity contribution is 0.245. The number of methoxy groups -OCH3 is 1. The van der Waals surface area contributed by atoms with Gasteiger partial charge in [-0.05, 0) is 43.5 Å². The van der Waals surface area contributed by atoms with Crippen LogP contribution < -0.4 is 10.1 Å². The summed E-state index contributed by atoms with van der Waals surface area (Å²) in [6, 6.07) is 4.32. The van der Waals surface area contributed by atoms with Crippen LogP contribution >= 0.6 is 0 Å². The summed E-state index contributed by atoms with van der Waals surface area (Å²) in [7, 11) is 1.74. The summed E-state index contributed by atoms with van der Waals surface area (Å²) in [5.41, 5.74) is 3.77. The second-order valence-electron chi connectivity index (χ2n) is 5.46. The minimum atomic E-state index is 0.964. The van der Waals surface area contributed by atoms with E-state index in [2.05, 4.69) is 48.3 Å². The Morgan fingerprint density at radius 3 is 2.60 bits per heavy atom. The number of aryl methyl sites for hydroxylation is 2. The van der Waals surface area contributed by atoms with Crippen LogP contribution in [0.2, 0.25) is 0 Å². The maximum atomic E-state index is 5.46. The van der Waals surface area contributed by atoms with E-state index in [1.54, 1.807) is 7.11 Å². The predicted molar refractivity (Wildman–Crippen MR) is 85.4 cm³/mol. The average Bonchev–Trinajstić information content (AvgIpc) is 2.48. The summed E-state index contributed by atoms with van der Waals surface area (Å²) >= 11 is 0. The molecule has 0 amide bonds. The van der Waals surface area contributed by atoms with E-state index in [4.69, 9.17) is 4.74 Å². The second-order valence-corrected chi connectivity index (χ2v) is 5.46. The fourth-order valence-electron chi connectivity index (χ4n) is 2.52. The Bertz CT molecular complexity index is 462. The molecule has 20 heavy (non-hydrogen) atoms. The molecular weight excluding hydrogens is 248 g/mol. The largest absolute Gasteiger partial charge is 0.496 e. The highest BCUT2D eigenvalue weighted by Gasteiger charge is 2.07. The van der Waals surface area contributed by atoms with Crippen molar-refractivity contribution in [2.75, 3.05) is 39.8 Å². The molecule has 0 radical (unpaired) electrons. The number of hydrogen-bond acceptors (Lipinski definition) is 3. The highest BCUT2D eigenvalue weighted by Crippen LogP contribution is 2.24. The third kappa shape index (κ3) is 4.09. The van der Waals surface area contributed by atoms with Crippen molar-refractivity contribution in [3.05, 3.63) is 34.9 Å². The summed E-state index contributed by atoms with van der Waals surface area (Å²) in [4.78, 5) is 2.51. The fraction of sp³-hybridized carbons (Fsp3) is 0.529. The molecular formula is C17H26N2O. The molecule has 1 N–H and O–H groups in total. The van der Waals surface area contributed by atoms with Crippen LogP contribution in [0.1, 0.15) is 23.1 Å². The van der Waals surface area contributed by atoms with E-state index < -0.39 is 0 Å². The lowest BCUT2D eigenvalue weighted by Crippen LogP contribution is -2.43. The van der Waals surface area contributed by atoms with Gasteiger partial charge in [-0.15, -0.1) is 0 Å². The van der Waals surface area contributed by atoms with Crippen molar-refractivity contribution in [3.63, 3.8) is 0 Å². The Morgan fingerprint density at radius 2 is 1.90 bits per heavy atom. The van der Waals surface area contributed by atoms with Crippen LogP contribution in [-0.2, 0) is 0 Å². The van der Waals surface area contributed by atoms with E-state index in [0.29, 0.717) is 0 Å². The summed E-state index contributed by atoms with van der Waals surface area (Å²) in [6.07, 6.45) is 5.54. The van der Waals surface area contributed by atoms with E-state index in [1.165, 1.54) is 29.8 Å². The van der Waals surface area contributed by atoms with Gasteiger partial charge in [0.1, 0.15) is 5.75 Å². The number of nitrogens with zero attached hydrogens (tertiary/aromatic N) is 1. The Morgan fingerprint density at radius 1 is 1.20 bits per heavy atom. The van der Waals surface area contributed by atoms with Crippen molar-refractivity contribution in [2.24, 2.45) is 0 Å². The standard InChI is InChI=1S/C17H26N2O/c1-14-12-16(17(20-3)13-15(14)2)6-4-5-9-19-10-7-18-8-11-19/h4,6,12-13,18H,5,7-11H2,1-3H3/b6-4+. The smallest absolute Gasteiger partial charge is 0.126 e. The zero-order valence-electron chi connectivity index (χ0n) is 12.9. The minimum absolute atomic E-state index is 0.964. The molecule has 110 valence electrons. The average molecular weight is 274 g/mol. The first-order valence-corrected chi connectivity index (χ1v) is 7.45. The maximum Gasteiger partial charge on any atom is 0.126 e. The topological polar surface area (TPSA) is 24.5 Å². The summed E-state index contributed by atoms with van der Waals surface area (Å²) in [6.45, 7) is 9.99. The third-order valence-corrected chi connectivity index (χ3v) is 3.97. The number of hydrogen-bond donors (Lipinski definition) is 1. The van der Waals surface area contributed by atoms with Crippen molar-refractivity contribution in [3.8, 4) is 5.75 Å². The van der Waals surface area contributed by atoms with E-state index in [9.17, 15) is 0 Å². The van der Waals surface area contributed by atoms with Crippen molar-refractivity contribution < 1.29 is 4.74 Å². The van der Waals surface area contributed by atoms with Gasteiger partial charge in [0.2, 0.25) is 0 Å². The molecule has 1 heterocycles. The number of piperazine rings is 1. The van der Waals surface area contributed by atoms with Gasteiger partial charge in [-0.3, -0.25) is 0 Å². The summed E-state index contributed by atoms with van der Waals surface area (Å²) in [5, 5.41) is 3.38. The van der Waals surface area contributed by atoms with E-state index in [0.717, 1.165) is 31.8 Å². The van der Waals surface area contributed by atoms with Gasteiger partial charge in [0.05, 0.1) is 7.11 Å². The van der Waals surface area contributed by atoms with Crippen LogP contribution in [0.3, 0.4) is 0 Å². The van der Waals surface area contributed by atoms with Gasteiger partial charge in [0.25, 0.3) is 0 Å². The highest BCUT2D eigenvalue weighted by atomic mass is 16.5. The molecule has 1 aliphatic rings. The van der Waals surface area contributed by atoms with Crippen LogP contribution in [0.25, 0.3) is 6.08 Å². The predicted octanol–water partition coefficient (Wildman–Crippen LogP) is 2.62. The molecule has 2 rings (SSSR count). The minimum Gasteiger partial charge on any atom is -0.496 e. The monoisotopic (exact) mass is 274 g/mol. The molecule has 1 aliphatic heterocycles. The van der Waals surface area contributed by atoms with Gasteiger partial charge < -0.3 is 15.0 Å². The van der Waals surface area contributed by atoms with Gasteiger partial charge in [-0.25, -0.2) is 0 Å². The van der Waals surface area contributed by atoms with Crippen LogP contribution in [0.15, 0.2) is 18.2 Å². The first kappa shape index (κ1) is 15.1. The van der Waals surface area contributed by atoms with Crippen molar-refractivity contribution in [2.45, 2.75) is 20.3 Å². The van der Waals surface area contributed by atoms with Crippen molar-refractivity contribution in [1.29, 1.82) is 0 Å². The number of ether oxygens (including phenoxy) is 1. The number of nitrogens with one attached hydrogen (secondary N) is 1. The molecule has 0 saturated carbocycles. The normalized spacial score (nSPS) is 16.8. The molecule has 0 aromatic heterocycles. The Hall–Kier alpha value is -1.32. The zero-order valence-corrected chi connectivity index (χ0v) is 12.9. The van der Waals surface area contributed by atoms with Gasteiger partial charge in [0.15, 0.2) is 0 Å². The number of rotatable bonds is 5. The van der Waals surface area contributed by atoms with E-state index in [1.807, 2.05) is 0 Å². The van der Waals surface area contributed by atoms with Gasteiger partial charge in [-0.1, -0.05) is 12.2 Å². The molecule has 1 fully saturated rings. The lowest BCUT2D eigenvalue weighted by atomic mass is 10.0. The van der Waals surface area contributed by atoms with E-state index >= 15 is 0 Å². The first-order valence-electron chi connectivity index (χ1n) is 7.45. The molecule has 3 heteroatoms. The molecule has 0 spiro atoms. The summed E-state index contributed by atoms with van der Waals surface area (Å²) in [5.74, 6) is 0.964. The Kier molecular flexibility index (Phi) is 5.62. The lowest BCUT2D eigenvalue weighted by Gasteiger charge is -2.26. The van der Waals surface area contributed by atoms with E-state index in [-0.39, 0.29) is 0 Å².